The molecule has 0 aliphatic carbocycles. The summed E-state index contributed by atoms with van der Waals surface area (Å²) in [6.07, 6.45) is 0. The molecule has 0 radical (unpaired) electrons. The fourth-order valence-corrected chi connectivity index (χ4v) is 3.27. The van der Waals surface area contributed by atoms with E-state index in [1.807, 2.05) is 19.9 Å². The molecule has 0 aliphatic heterocycles. The molecule has 0 spiro atoms. The number of Topliss-reactive ketones (excluding diaryl/α,β-unsaturated/α-hetero) is 1. The van der Waals surface area contributed by atoms with Gasteiger partial charge in [0.15, 0.2) is 6.61 Å². The molecule has 1 aromatic carbocycles. The number of carbonyl (C=O) groups excluding carboxylic acids is 1. The topological polar surface area (TPSA) is 69.4 Å². The third kappa shape index (κ3) is 3.89. The second-order valence-electron chi connectivity index (χ2n) is 4.44. The van der Waals surface area contributed by atoms with E-state index in [0.29, 0.717) is 10.0 Å². The molecule has 2 rings (SSSR count). The van der Waals surface area contributed by atoms with Crippen molar-refractivity contribution in [3.63, 3.8) is 0 Å². The first-order chi connectivity index (χ1) is 9.86. The molecule has 0 amide bonds. The minimum absolute atomic E-state index is 0.0885. The zero-order chi connectivity index (χ0) is 15.6. The van der Waals surface area contributed by atoms with Crippen LogP contribution < -0.4 is 4.74 Å². The number of nitro groups is 1. The van der Waals surface area contributed by atoms with Crippen LogP contribution in [0.15, 0.2) is 28.7 Å². The predicted octanol–water partition coefficient (Wildman–Crippen LogP) is 4.30. The van der Waals surface area contributed by atoms with Crippen LogP contribution in [0.4, 0.5) is 5.69 Å². The van der Waals surface area contributed by atoms with Gasteiger partial charge in [-0.25, -0.2) is 0 Å². The third-order valence-electron chi connectivity index (χ3n) is 2.78. The Labute approximate surface area is 133 Å². The van der Waals surface area contributed by atoms with Gasteiger partial charge in [-0.15, -0.1) is 11.3 Å². The van der Waals surface area contributed by atoms with Crippen molar-refractivity contribution in [3.8, 4) is 5.75 Å². The maximum absolute atomic E-state index is 12.1. The zero-order valence-electron chi connectivity index (χ0n) is 11.4. The standard InChI is InChI=1S/C14H12BrNO4S/c1-8-3-13(9(2)21-8)14(17)7-20-12-5-10(15)4-11(6-12)16(18)19/h3-6H,7H2,1-2H3. The van der Waals surface area contributed by atoms with Crippen molar-refractivity contribution in [2.45, 2.75) is 13.8 Å². The highest BCUT2D eigenvalue weighted by molar-refractivity contribution is 9.10. The Balaban J connectivity index is 2.11. The predicted molar refractivity (Wildman–Crippen MR) is 84.4 cm³/mol. The Kier molecular flexibility index (Phi) is 4.74. The fraction of sp³-hybridized carbons (Fsp3) is 0.214. The summed E-state index contributed by atoms with van der Waals surface area (Å²) in [6, 6.07) is 6.09. The molecule has 0 unspecified atom stereocenters. The van der Waals surface area contributed by atoms with Crippen molar-refractivity contribution in [1.29, 1.82) is 0 Å². The average Bonchev–Trinajstić information content (AvgIpc) is 2.74. The van der Waals surface area contributed by atoms with Gasteiger partial charge >= 0.3 is 0 Å². The number of non-ortho nitro benzene ring substituents is 1. The Morgan fingerprint density at radius 2 is 2.05 bits per heavy atom. The first-order valence-corrected chi connectivity index (χ1v) is 7.66. The second-order valence-corrected chi connectivity index (χ2v) is 6.82. The number of carbonyl (C=O) groups is 1. The molecule has 5 nitrogen and oxygen atoms in total. The van der Waals surface area contributed by atoms with Crippen molar-refractivity contribution in [1.82, 2.24) is 0 Å². The van der Waals surface area contributed by atoms with Gasteiger partial charge in [0.05, 0.1) is 11.0 Å². The number of ketones is 1. The summed E-state index contributed by atoms with van der Waals surface area (Å²) >= 11 is 4.74. The van der Waals surface area contributed by atoms with Crippen LogP contribution in [0.1, 0.15) is 20.1 Å². The number of ether oxygens (including phenoxy) is 1. The molecule has 0 saturated carbocycles. The monoisotopic (exact) mass is 369 g/mol. The van der Waals surface area contributed by atoms with Gasteiger partial charge in [0.2, 0.25) is 5.78 Å². The molecule has 0 N–H and O–H groups in total. The maximum Gasteiger partial charge on any atom is 0.274 e. The lowest BCUT2D eigenvalue weighted by Gasteiger charge is -2.06. The number of halogens is 1. The summed E-state index contributed by atoms with van der Waals surface area (Å²) in [5, 5.41) is 10.8. The highest BCUT2D eigenvalue weighted by atomic mass is 79.9. The molecule has 0 atom stereocenters. The van der Waals surface area contributed by atoms with Crippen LogP contribution in [0.25, 0.3) is 0 Å². The van der Waals surface area contributed by atoms with Crippen LogP contribution in [0, 0.1) is 24.0 Å². The molecule has 2 aromatic rings. The molecular formula is C14H12BrNO4S. The third-order valence-corrected chi connectivity index (χ3v) is 4.20. The minimum Gasteiger partial charge on any atom is -0.485 e. The van der Waals surface area contributed by atoms with E-state index in [1.54, 1.807) is 17.4 Å². The smallest absolute Gasteiger partial charge is 0.274 e. The van der Waals surface area contributed by atoms with E-state index in [9.17, 15) is 14.9 Å². The summed E-state index contributed by atoms with van der Waals surface area (Å²) in [5.74, 6) is 0.147. The number of thiophene rings is 1. The van der Waals surface area contributed by atoms with Crippen LogP contribution >= 0.6 is 27.3 Å². The van der Waals surface area contributed by atoms with Crippen molar-refractivity contribution in [2.75, 3.05) is 6.61 Å². The summed E-state index contributed by atoms with van der Waals surface area (Å²) < 4.78 is 5.91. The van der Waals surface area contributed by atoms with Gasteiger partial charge in [-0.3, -0.25) is 14.9 Å². The number of rotatable bonds is 5. The Morgan fingerprint density at radius 1 is 1.33 bits per heavy atom. The summed E-state index contributed by atoms with van der Waals surface area (Å²) in [6.45, 7) is 3.67. The SMILES string of the molecule is Cc1cc(C(=O)COc2cc(Br)cc([N+](=O)[O-])c2)c(C)s1. The van der Waals surface area contributed by atoms with Gasteiger partial charge < -0.3 is 4.74 Å². The Hall–Kier alpha value is -1.73. The number of benzene rings is 1. The van der Waals surface area contributed by atoms with E-state index >= 15 is 0 Å². The van der Waals surface area contributed by atoms with Crippen LogP contribution in [0.5, 0.6) is 5.75 Å². The molecule has 0 saturated heterocycles. The quantitative estimate of drug-likeness (QED) is 0.447. The molecule has 7 heteroatoms. The second kappa shape index (κ2) is 6.36. The van der Waals surface area contributed by atoms with Crippen LogP contribution in [-0.4, -0.2) is 17.3 Å². The number of hydrogen-bond donors (Lipinski definition) is 0. The van der Waals surface area contributed by atoms with E-state index in [4.69, 9.17) is 4.74 Å². The maximum atomic E-state index is 12.1. The first-order valence-electron chi connectivity index (χ1n) is 6.05. The average molecular weight is 370 g/mol. The van der Waals surface area contributed by atoms with Gasteiger partial charge in [0.1, 0.15) is 5.75 Å². The van der Waals surface area contributed by atoms with E-state index in [-0.39, 0.29) is 23.8 Å². The van der Waals surface area contributed by atoms with Crippen LogP contribution in [-0.2, 0) is 0 Å². The van der Waals surface area contributed by atoms with Gasteiger partial charge in [-0.1, -0.05) is 15.9 Å². The number of nitro benzene ring substituents is 1. The molecular weight excluding hydrogens is 358 g/mol. The Bertz CT molecular complexity index is 711. The summed E-state index contributed by atoms with van der Waals surface area (Å²) in [5.41, 5.74) is 0.552. The van der Waals surface area contributed by atoms with E-state index in [2.05, 4.69) is 15.9 Å². The van der Waals surface area contributed by atoms with Gasteiger partial charge in [-0.2, -0.15) is 0 Å². The zero-order valence-corrected chi connectivity index (χ0v) is 13.8. The largest absolute Gasteiger partial charge is 0.485 e. The summed E-state index contributed by atoms with van der Waals surface area (Å²) in [4.78, 5) is 24.4. The Morgan fingerprint density at radius 3 is 2.62 bits per heavy atom. The van der Waals surface area contributed by atoms with Crippen molar-refractivity contribution < 1.29 is 14.5 Å². The normalized spacial score (nSPS) is 10.4. The lowest BCUT2D eigenvalue weighted by Crippen LogP contribution is -2.11. The van der Waals surface area contributed by atoms with Crippen LogP contribution in [0.2, 0.25) is 0 Å². The number of nitrogens with zero attached hydrogens (tertiary/aromatic N) is 1. The summed E-state index contributed by atoms with van der Waals surface area (Å²) in [7, 11) is 0. The van der Waals surface area contributed by atoms with Gasteiger partial charge in [-0.05, 0) is 26.0 Å². The number of aryl methyl sites for hydroxylation is 2. The molecule has 0 bridgehead atoms. The highest BCUT2D eigenvalue weighted by Crippen LogP contribution is 2.27. The molecule has 21 heavy (non-hydrogen) atoms. The van der Waals surface area contributed by atoms with Crippen molar-refractivity contribution >= 4 is 38.7 Å². The molecule has 1 heterocycles. The highest BCUT2D eigenvalue weighted by Gasteiger charge is 2.14. The van der Waals surface area contributed by atoms with Crippen LogP contribution in [0.3, 0.4) is 0 Å². The lowest BCUT2D eigenvalue weighted by molar-refractivity contribution is -0.385. The molecule has 0 aliphatic rings. The van der Waals surface area contributed by atoms with Gasteiger partial charge in [0, 0.05) is 25.9 Å². The molecule has 1 aromatic heterocycles. The van der Waals surface area contributed by atoms with Crippen molar-refractivity contribution in [2.24, 2.45) is 0 Å². The molecule has 0 fully saturated rings. The number of hydrogen-bond acceptors (Lipinski definition) is 5. The molecule has 110 valence electrons. The van der Waals surface area contributed by atoms with Gasteiger partial charge in [0.25, 0.3) is 5.69 Å². The lowest BCUT2D eigenvalue weighted by atomic mass is 10.2. The van der Waals surface area contributed by atoms with E-state index in [1.165, 1.54) is 12.1 Å². The fourth-order valence-electron chi connectivity index (χ4n) is 1.87. The van der Waals surface area contributed by atoms with Crippen molar-refractivity contribution in [3.05, 3.63) is 54.2 Å². The minimum atomic E-state index is -0.508. The van der Waals surface area contributed by atoms with E-state index in [0.717, 1.165) is 9.75 Å². The first kappa shape index (κ1) is 15.7. The van der Waals surface area contributed by atoms with E-state index < -0.39 is 4.92 Å².